The Morgan fingerprint density at radius 2 is 2.16 bits per heavy atom. The van der Waals surface area contributed by atoms with Crippen LogP contribution in [0.2, 0.25) is 0 Å². The molecule has 3 nitrogen and oxygen atoms in total. The predicted molar refractivity (Wildman–Crippen MR) is 83.4 cm³/mol. The molecule has 1 amide bonds. The molecule has 0 radical (unpaired) electrons. The molecule has 19 heavy (non-hydrogen) atoms. The summed E-state index contributed by atoms with van der Waals surface area (Å²) in [6.45, 7) is 3.14. The van der Waals surface area contributed by atoms with Crippen LogP contribution in [-0.2, 0) is 0 Å². The van der Waals surface area contributed by atoms with Gasteiger partial charge >= 0.3 is 0 Å². The van der Waals surface area contributed by atoms with Gasteiger partial charge in [0.05, 0.1) is 5.56 Å². The zero-order valence-corrected chi connectivity index (χ0v) is 12.9. The van der Waals surface area contributed by atoms with Crippen molar-refractivity contribution in [1.82, 2.24) is 10.6 Å². The van der Waals surface area contributed by atoms with Gasteiger partial charge in [0.25, 0.3) is 5.91 Å². The molecule has 5 heteroatoms. The summed E-state index contributed by atoms with van der Waals surface area (Å²) in [5.74, 6) is 0.0547. The molecule has 1 fully saturated rings. The molecule has 2 unspecified atom stereocenters. The van der Waals surface area contributed by atoms with Crippen LogP contribution in [0, 0.1) is 0 Å². The Balaban J connectivity index is 0.00000180. The quantitative estimate of drug-likeness (QED) is 0.843. The van der Waals surface area contributed by atoms with Crippen molar-refractivity contribution in [2.75, 3.05) is 12.8 Å². The van der Waals surface area contributed by atoms with Gasteiger partial charge in [0.15, 0.2) is 0 Å². The third kappa shape index (κ3) is 4.41. The first-order chi connectivity index (χ1) is 8.70. The largest absolute Gasteiger partial charge is 0.349 e. The number of carbonyl (C=O) groups is 1. The van der Waals surface area contributed by atoms with Gasteiger partial charge in [-0.25, -0.2) is 0 Å². The number of thioether (sulfide) groups is 1. The molecule has 106 valence electrons. The van der Waals surface area contributed by atoms with E-state index in [4.69, 9.17) is 0 Å². The van der Waals surface area contributed by atoms with E-state index in [9.17, 15) is 4.79 Å². The van der Waals surface area contributed by atoms with Crippen LogP contribution in [0.25, 0.3) is 0 Å². The Kier molecular flexibility index (Phi) is 6.69. The van der Waals surface area contributed by atoms with Gasteiger partial charge in [0.1, 0.15) is 0 Å². The Bertz CT molecular complexity index is 428. The van der Waals surface area contributed by atoms with Crippen molar-refractivity contribution < 1.29 is 4.79 Å². The lowest BCUT2D eigenvalue weighted by Gasteiger charge is -2.28. The first-order valence-electron chi connectivity index (χ1n) is 6.38. The van der Waals surface area contributed by atoms with Gasteiger partial charge in [0, 0.05) is 17.0 Å². The van der Waals surface area contributed by atoms with E-state index in [2.05, 4.69) is 17.6 Å². The van der Waals surface area contributed by atoms with Crippen LogP contribution in [-0.4, -0.2) is 30.8 Å². The maximum atomic E-state index is 12.3. The highest BCUT2D eigenvalue weighted by atomic mass is 35.5. The second-order valence-corrected chi connectivity index (χ2v) is 5.60. The molecule has 1 aliphatic heterocycles. The summed E-state index contributed by atoms with van der Waals surface area (Å²) >= 11 is 1.61. The van der Waals surface area contributed by atoms with Crippen LogP contribution < -0.4 is 10.6 Å². The van der Waals surface area contributed by atoms with Crippen molar-refractivity contribution in [3.63, 3.8) is 0 Å². The molecule has 1 saturated heterocycles. The van der Waals surface area contributed by atoms with E-state index in [1.54, 1.807) is 11.8 Å². The molecule has 2 atom stereocenters. The zero-order chi connectivity index (χ0) is 13.0. The minimum Gasteiger partial charge on any atom is -0.349 e. The topological polar surface area (TPSA) is 41.1 Å². The number of hydrogen-bond donors (Lipinski definition) is 2. The number of carbonyl (C=O) groups excluding carboxylic acids is 1. The maximum absolute atomic E-state index is 12.3. The smallest absolute Gasteiger partial charge is 0.252 e. The van der Waals surface area contributed by atoms with Gasteiger partial charge in [-0.2, -0.15) is 0 Å². The summed E-state index contributed by atoms with van der Waals surface area (Å²) in [5, 5.41) is 6.54. The van der Waals surface area contributed by atoms with E-state index in [0.29, 0.717) is 12.1 Å². The molecule has 2 rings (SSSR count). The molecule has 0 aromatic heterocycles. The Hall–Kier alpha value is -0.710. The molecule has 0 spiro atoms. The molecule has 1 heterocycles. The van der Waals surface area contributed by atoms with Gasteiger partial charge < -0.3 is 10.6 Å². The van der Waals surface area contributed by atoms with Crippen molar-refractivity contribution in [1.29, 1.82) is 0 Å². The van der Waals surface area contributed by atoms with Gasteiger partial charge in [0.2, 0.25) is 0 Å². The summed E-state index contributed by atoms with van der Waals surface area (Å²) in [7, 11) is 0. The average Bonchev–Trinajstić information content (AvgIpc) is 2.38. The van der Waals surface area contributed by atoms with Crippen molar-refractivity contribution in [2.45, 2.75) is 36.7 Å². The molecule has 0 bridgehead atoms. The lowest BCUT2D eigenvalue weighted by Crippen LogP contribution is -2.46. The van der Waals surface area contributed by atoms with E-state index in [1.165, 1.54) is 0 Å². The highest BCUT2D eigenvalue weighted by molar-refractivity contribution is 7.98. The minimum absolute atomic E-state index is 0. The van der Waals surface area contributed by atoms with E-state index in [-0.39, 0.29) is 18.3 Å². The Labute approximate surface area is 125 Å². The van der Waals surface area contributed by atoms with E-state index in [0.717, 1.165) is 29.8 Å². The third-order valence-electron chi connectivity index (χ3n) is 3.31. The fourth-order valence-corrected chi connectivity index (χ4v) is 2.95. The number of hydrogen-bond acceptors (Lipinski definition) is 3. The van der Waals surface area contributed by atoms with Crippen LogP contribution in [0.4, 0.5) is 0 Å². The van der Waals surface area contributed by atoms with Gasteiger partial charge in [-0.15, -0.1) is 24.2 Å². The SMILES string of the molecule is CSc1ccccc1C(=O)NC1CCNC(C)C1.Cl. The fraction of sp³-hybridized carbons (Fsp3) is 0.500. The number of rotatable bonds is 3. The number of piperidine rings is 1. The minimum atomic E-state index is 0. The summed E-state index contributed by atoms with van der Waals surface area (Å²) in [6, 6.07) is 8.55. The molecule has 1 aromatic rings. The second-order valence-electron chi connectivity index (χ2n) is 4.75. The van der Waals surface area contributed by atoms with E-state index in [1.807, 2.05) is 30.5 Å². The van der Waals surface area contributed by atoms with Crippen LogP contribution >= 0.6 is 24.2 Å². The van der Waals surface area contributed by atoms with Crippen molar-refractivity contribution >= 4 is 30.1 Å². The van der Waals surface area contributed by atoms with Crippen molar-refractivity contribution in [2.24, 2.45) is 0 Å². The Morgan fingerprint density at radius 3 is 2.84 bits per heavy atom. The lowest BCUT2D eigenvalue weighted by molar-refractivity contribution is 0.0922. The zero-order valence-electron chi connectivity index (χ0n) is 11.3. The molecule has 1 aromatic carbocycles. The maximum Gasteiger partial charge on any atom is 0.252 e. The molecule has 2 N–H and O–H groups in total. The van der Waals surface area contributed by atoms with Gasteiger partial charge in [-0.05, 0) is 44.7 Å². The summed E-state index contributed by atoms with van der Waals surface area (Å²) in [4.78, 5) is 13.3. The first kappa shape index (κ1) is 16.3. The van der Waals surface area contributed by atoms with Gasteiger partial charge in [-0.1, -0.05) is 12.1 Å². The van der Waals surface area contributed by atoms with E-state index < -0.39 is 0 Å². The van der Waals surface area contributed by atoms with Gasteiger partial charge in [-0.3, -0.25) is 4.79 Å². The molecular formula is C14H21ClN2OS. The average molecular weight is 301 g/mol. The summed E-state index contributed by atoms with van der Waals surface area (Å²) in [6.07, 6.45) is 4.02. The standard InChI is InChI=1S/C14H20N2OS.ClH/c1-10-9-11(7-8-15-10)16-14(17)12-5-3-4-6-13(12)18-2;/h3-6,10-11,15H,7-9H2,1-2H3,(H,16,17);1H. The number of halogens is 1. The van der Waals surface area contributed by atoms with Crippen LogP contribution in [0.3, 0.4) is 0 Å². The molecule has 0 aliphatic carbocycles. The highest BCUT2D eigenvalue weighted by Crippen LogP contribution is 2.20. The van der Waals surface area contributed by atoms with Crippen LogP contribution in [0.15, 0.2) is 29.2 Å². The molecular weight excluding hydrogens is 280 g/mol. The number of benzene rings is 1. The Morgan fingerprint density at radius 1 is 1.42 bits per heavy atom. The highest BCUT2D eigenvalue weighted by Gasteiger charge is 2.21. The number of nitrogens with one attached hydrogen (secondary N) is 2. The number of amides is 1. The monoisotopic (exact) mass is 300 g/mol. The van der Waals surface area contributed by atoms with Crippen molar-refractivity contribution in [3.8, 4) is 0 Å². The second kappa shape index (κ2) is 7.78. The predicted octanol–water partition coefficient (Wildman–Crippen LogP) is 2.70. The third-order valence-corrected chi connectivity index (χ3v) is 4.11. The fourth-order valence-electron chi connectivity index (χ4n) is 2.36. The van der Waals surface area contributed by atoms with Crippen LogP contribution in [0.5, 0.6) is 0 Å². The van der Waals surface area contributed by atoms with E-state index >= 15 is 0 Å². The molecule has 0 saturated carbocycles. The lowest BCUT2D eigenvalue weighted by atomic mass is 10.0. The summed E-state index contributed by atoms with van der Waals surface area (Å²) in [5.41, 5.74) is 0.788. The van der Waals surface area contributed by atoms with Crippen LogP contribution in [0.1, 0.15) is 30.1 Å². The first-order valence-corrected chi connectivity index (χ1v) is 7.60. The normalized spacial score (nSPS) is 22.4. The van der Waals surface area contributed by atoms with Crippen molar-refractivity contribution in [3.05, 3.63) is 29.8 Å². The molecule has 1 aliphatic rings. The summed E-state index contributed by atoms with van der Waals surface area (Å²) < 4.78 is 0.